The average molecular weight is 743 g/mol. The summed E-state index contributed by atoms with van der Waals surface area (Å²) in [6.45, 7) is 6.48. The van der Waals surface area contributed by atoms with Gasteiger partial charge in [-0.3, -0.25) is 14.4 Å². The first kappa shape index (κ1) is 50.4. The smallest absolute Gasteiger partial charge is 0.306 e. The summed E-state index contributed by atoms with van der Waals surface area (Å²) < 4.78 is 16.6. The van der Waals surface area contributed by atoms with Crippen LogP contribution in [0.1, 0.15) is 213 Å². The van der Waals surface area contributed by atoms with Gasteiger partial charge in [-0.15, -0.1) is 0 Å². The van der Waals surface area contributed by atoms with Crippen LogP contribution in [0, 0.1) is 0 Å². The molecular weight excluding hydrogens is 661 g/mol. The van der Waals surface area contributed by atoms with E-state index >= 15 is 0 Å². The van der Waals surface area contributed by atoms with Crippen molar-refractivity contribution in [3.63, 3.8) is 0 Å². The van der Waals surface area contributed by atoms with Gasteiger partial charge in [-0.2, -0.15) is 0 Å². The minimum atomic E-state index is -0.793. The summed E-state index contributed by atoms with van der Waals surface area (Å²) in [5, 5.41) is 0. The molecule has 6 heteroatoms. The lowest BCUT2D eigenvalue weighted by molar-refractivity contribution is -0.167. The molecule has 0 aromatic heterocycles. The van der Waals surface area contributed by atoms with E-state index < -0.39 is 6.10 Å². The highest BCUT2D eigenvalue weighted by Gasteiger charge is 2.19. The van der Waals surface area contributed by atoms with E-state index in [-0.39, 0.29) is 31.1 Å². The van der Waals surface area contributed by atoms with Crippen LogP contribution < -0.4 is 0 Å². The Kier molecular flexibility index (Phi) is 40.0. The maximum atomic E-state index is 12.7. The van der Waals surface area contributed by atoms with Crippen LogP contribution in [0.4, 0.5) is 0 Å². The highest BCUT2D eigenvalue weighted by Crippen LogP contribution is 2.12. The molecule has 0 saturated heterocycles. The summed E-state index contributed by atoms with van der Waals surface area (Å²) in [5.74, 6) is -0.966. The van der Waals surface area contributed by atoms with Crippen molar-refractivity contribution in [3.8, 4) is 0 Å². The summed E-state index contributed by atoms with van der Waals surface area (Å²) in [6, 6.07) is 0. The van der Waals surface area contributed by atoms with E-state index in [1.54, 1.807) is 0 Å². The van der Waals surface area contributed by atoms with Crippen LogP contribution in [0.15, 0.2) is 48.6 Å². The lowest BCUT2D eigenvalue weighted by atomic mass is 10.1. The summed E-state index contributed by atoms with van der Waals surface area (Å²) in [5.41, 5.74) is 0. The first-order valence-corrected chi connectivity index (χ1v) is 22.1. The first-order chi connectivity index (χ1) is 26.0. The Bertz CT molecular complexity index is 949. The van der Waals surface area contributed by atoms with Crippen LogP contribution in [0.25, 0.3) is 0 Å². The number of hydrogen-bond acceptors (Lipinski definition) is 6. The predicted octanol–water partition coefficient (Wildman–Crippen LogP) is 14.0. The van der Waals surface area contributed by atoms with Crippen LogP contribution in [0.5, 0.6) is 0 Å². The molecule has 0 aromatic carbocycles. The third-order valence-corrected chi connectivity index (χ3v) is 9.28. The number of rotatable bonds is 39. The molecule has 0 N–H and O–H groups in total. The number of unbranched alkanes of at least 4 members (excludes halogenated alkanes) is 20. The third-order valence-electron chi connectivity index (χ3n) is 9.28. The number of esters is 3. The van der Waals surface area contributed by atoms with Gasteiger partial charge >= 0.3 is 17.9 Å². The molecule has 0 spiro atoms. The van der Waals surface area contributed by atoms with Gasteiger partial charge in [0, 0.05) is 19.3 Å². The number of allylic oxidation sites excluding steroid dienone is 8. The molecule has 0 aliphatic carbocycles. The molecule has 0 aliphatic heterocycles. The Morgan fingerprint density at radius 2 is 0.698 bits per heavy atom. The number of carbonyl (C=O) groups is 3. The topological polar surface area (TPSA) is 78.9 Å². The fraction of sp³-hybridized carbons (Fsp3) is 0.766. The first-order valence-electron chi connectivity index (χ1n) is 22.1. The van der Waals surface area contributed by atoms with Gasteiger partial charge in [0.1, 0.15) is 13.2 Å². The molecule has 6 nitrogen and oxygen atoms in total. The molecule has 0 heterocycles. The minimum absolute atomic E-state index is 0.0948. The molecule has 0 rings (SSSR count). The zero-order chi connectivity index (χ0) is 38.7. The van der Waals surface area contributed by atoms with Crippen molar-refractivity contribution in [2.75, 3.05) is 13.2 Å². The lowest BCUT2D eigenvalue weighted by Crippen LogP contribution is -2.30. The van der Waals surface area contributed by atoms with Gasteiger partial charge in [-0.1, -0.05) is 146 Å². The van der Waals surface area contributed by atoms with Crippen LogP contribution >= 0.6 is 0 Å². The summed E-state index contributed by atoms with van der Waals surface area (Å²) in [6.07, 6.45) is 48.1. The van der Waals surface area contributed by atoms with E-state index in [1.807, 2.05) is 0 Å². The SMILES string of the molecule is CCCCC/C=C\C/C=C\CCCC(=O)OCC(COC(=O)CCCCCC/C=C\CCCCC)OC(=O)CCCCCCCC/C=C\CCCCC. The molecule has 0 fully saturated rings. The summed E-state index contributed by atoms with van der Waals surface area (Å²) in [4.78, 5) is 37.6. The zero-order valence-electron chi connectivity index (χ0n) is 34.8. The Balaban J connectivity index is 4.46. The molecule has 0 aliphatic rings. The Morgan fingerprint density at radius 1 is 0.377 bits per heavy atom. The van der Waals surface area contributed by atoms with Crippen molar-refractivity contribution in [3.05, 3.63) is 48.6 Å². The van der Waals surface area contributed by atoms with Gasteiger partial charge in [0.2, 0.25) is 0 Å². The van der Waals surface area contributed by atoms with Gasteiger partial charge in [-0.05, 0) is 96.3 Å². The second kappa shape index (κ2) is 42.1. The van der Waals surface area contributed by atoms with Crippen molar-refractivity contribution in [1.82, 2.24) is 0 Å². The van der Waals surface area contributed by atoms with E-state index in [1.165, 1.54) is 89.9 Å². The van der Waals surface area contributed by atoms with E-state index in [4.69, 9.17) is 14.2 Å². The molecule has 1 unspecified atom stereocenters. The molecule has 306 valence electrons. The fourth-order valence-corrected chi connectivity index (χ4v) is 5.88. The van der Waals surface area contributed by atoms with Crippen molar-refractivity contribution in [1.29, 1.82) is 0 Å². The minimum Gasteiger partial charge on any atom is -0.462 e. The van der Waals surface area contributed by atoms with Crippen molar-refractivity contribution in [2.45, 2.75) is 219 Å². The van der Waals surface area contributed by atoms with Gasteiger partial charge in [0.25, 0.3) is 0 Å². The number of hydrogen-bond donors (Lipinski definition) is 0. The van der Waals surface area contributed by atoms with Gasteiger partial charge in [0.15, 0.2) is 6.10 Å². The maximum absolute atomic E-state index is 12.7. The van der Waals surface area contributed by atoms with E-state index in [0.29, 0.717) is 25.7 Å². The van der Waals surface area contributed by atoms with Crippen LogP contribution in [-0.2, 0) is 28.6 Å². The molecule has 1 atom stereocenters. The van der Waals surface area contributed by atoms with Crippen molar-refractivity contribution in [2.24, 2.45) is 0 Å². The quantitative estimate of drug-likeness (QED) is 0.0270. The monoisotopic (exact) mass is 743 g/mol. The average Bonchev–Trinajstić information content (AvgIpc) is 3.15. The number of carbonyl (C=O) groups excluding carboxylic acids is 3. The number of ether oxygens (including phenoxy) is 3. The molecule has 0 radical (unpaired) electrons. The van der Waals surface area contributed by atoms with Crippen molar-refractivity contribution >= 4 is 17.9 Å². The second-order valence-electron chi connectivity index (χ2n) is 14.6. The van der Waals surface area contributed by atoms with Crippen LogP contribution in [0.2, 0.25) is 0 Å². The molecule has 0 bridgehead atoms. The van der Waals surface area contributed by atoms with Gasteiger partial charge < -0.3 is 14.2 Å². The van der Waals surface area contributed by atoms with Crippen LogP contribution in [-0.4, -0.2) is 37.2 Å². The van der Waals surface area contributed by atoms with Gasteiger partial charge in [-0.25, -0.2) is 0 Å². The van der Waals surface area contributed by atoms with E-state index in [0.717, 1.165) is 77.0 Å². The Labute approximate surface area is 327 Å². The fourth-order valence-electron chi connectivity index (χ4n) is 5.88. The molecular formula is C47H82O6. The van der Waals surface area contributed by atoms with Crippen LogP contribution in [0.3, 0.4) is 0 Å². The summed E-state index contributed by atoms with van der Waals surface area (Å²) in [7, 11) is 0. The standard InChI is InChI=1S/C47H82O6/c1-4-7-10-13-16-19-22-23-26-29-32-35-38-41-47(50)53-44(42-51-45(48)39-36-33-30-27-24-20-17-14-11-8-5-2)43-52-46(49)40-37-34-31-28-25-21-18-15-12-9-6-3/h16-21,27,30,44H,4-15,22-26,28-29,31-43H2,1-3H3/b19-16-,20-17-,21-18-,30-27-. The van der Waals surface area contributed by atoms with Gasteiger partial charge in [0.05, 0.1) is 0 Å². The molecule has 0 amide bonds. The van der Waals surface area contributed by atoms with E-state index in [9.17, 15) is 14.4 Å². The van der Waals surface area contributed by atoms with Crippen molar-refractivity contribution < 1.29 is 28.6 Å². The largest absolute Gasteiger partial charge is 0.462 e. The Hall–Kier alpha value is -2.63. The maximum Gasteiger partial charge on any atom is 0.306 e. The van der Waals surface area contributed by atoms with E-state index in [2.05, 4.69) is 69.4 Å². The highest BCUT2D eigenvalue weighted by molar-refractivity contribution is 5.71. The lowest BCUT2D eigenvalue weighted by Gasteiger charge is -2.18. The molecule has 0 saturated carbocycles. The molecule has 53 heavy (non-hydrogen) atoms. The zero-order valence-corrected chi connectivity index (χ0v) is 34.8. The third kappa shape index (κ3) is 40.4. The Morgan fingerprint density at radius 3 is 1.13 bits per heavy atom. The summed E-state index contributed by atoms with van der Waals surface area (Å²) >= 11 is 0. The molecule has 0 aromatic rings. The highest BCUT2D eigenvalue weighted by atomic mass is 16.6. The predicted molar refractivity (Wildman–Crippen MR) is 224 cm³/mol. The second-order valence-corrected chi connectivity index (χ2v) is 14.6. The normalized spacial score (nSPS) is 12.4.